The number of aromatic nitrogens is 1. The van der Waals surface area contributed by atoms with E-state index in [4.69, 9.17) is 0 Å². The first kappa shape index (κ1) is 17.1. The van der Waals surface area contributed by atoms with Crippen LogP contribution in [0, 0.1) is 0 Å². The lowest BCUT2D eigenvalue weighted by Gasteiger charge is -2.25. The molecule has 1 aromatic rings. The van der Waals surface area contributed by atoms with Crippen molar-refractivity contribution in [3.8, 4) is 0 Å². The molecule has 0 aromatic carbocycles. The highest BCUT2D eigenvalue weighted by Gasteiger charge is 2.27. The van der Waals surface area contributed by atoms with E-state index in [1.807, 2.05) is 33.8 Å². The first-order valence-corrected chi connectivity index (χ1v) is 8.58. The summed E-state index contributed by atoms with van der Waals surface area (Å²) in [6.07, 6.45) is 2.41. The number of pyridine rings is 1. The van der Waals surface area contributed by atoms with Gasteiger partial charge in [-0.15, -0.1) is 0 Å². The minimum Gasteiger partial charge on any atom is -0.313 e. The van der Waals surface area contributed by atoms with E-state index in [1.54, 1.807) is 12.3 Å². The summed E-state index contributed by atoms with van der Waals surface area (Å²) in [4.78, 5) is 4.12. The smallest absolute Gasteiger partial charge is 0.260 e. The van der Waals surface area contributed by atoms with Gasteiger partial charge in [0.25, 0.3) is 10.0 Å². The largest absolute Gasteiger partial charge is 0.313 e. The van der Waals surface area contributed by atoms with Crippen molar-refractivity contribution in [2.45, 2.75) is 51.7 Å². The van der Waals surface area contributed by atoms with Crippen molar-refractivity contribution in [1.29, 1.82) is 0 Å². The van der Waals surface area contributed by atoms with Gasteiger partial charge >= 0.3 is 0 Å². The predicted octanol–water partition coefficient (Wildman–Crippen LogP) is 2.00. The SMILES string of the molecule is CCNCc1ccc(S(=O)(=O)N(CC)C(C)CC)nc1. The Morgan fingerprint density at radius 2 is 2.00 bits per heavy atom. The van der Waals surface area contributed by atoms with Crippen LogP contribution in [0.5, 0.6) is 0 Å². The van der Waals surface area contributed by atoms with Crippen LogP contribution in [0.1, 0.15) is 39.7 Å². The summed E-state index contributed by atoms with van der Waals surface area (Å²) in [6, 6.07) is 3.38. The number of nitrogens with one attached hydrogen (secondary N) is 1. The Bertz CT molecular complexity index is 500. The zero-order valence-corrected chi connectivity index (χ0v) is 13.6. The normalized spacial score (nSPS) is 13.7. The third-order valence-electron chi connectivity index (χ3n) is 3.34. The van der Waals surface area contributed by atoms with Crippen molar-refractivity contribution in [2.75, 3.05) is 13.1 Å². The summed E-state index contributed by atoms with van der Waals surface area (Å²) >= 11 is 0. The van der Waals surface area contributed by atoms with Crippen molar-refractivity contribution in [1.82, 2.24) is 14.6 Å². The Balaban J connectivity index is 2.97. The summed E-state index contributed by atoms with van der Waals surface area (Å²) < 4.78 is 26.6. The highest BCUT2D eigenvalue weighted by Crippen LogP contribution is 2.17. The summed E-state index contributed by atoms with van der Waals surface area (Å²) in [6.45, 7) is 9.81. The van der Waals surface area contributed by atoms with Crippen LogP contribution in [0.4, 0.5) is 0 Å². The van der Waals surface area contributed by atoms with Crippen molar-refractivity contribution < 1.29 is 8.42 Å². The summed E-state index contributed by atoms with van der Waals surface area (Å²) in [5.74, 6) is 0. The van der Waals surface area contributed by atoms with Gasteiger partial charge in [-0.25, -0.2) is 13.4 Å². The first-order chi connectivity index (χ1) is 9.47. The molecule has 1 rings (SSSR count). The van der Waals surface area contributed by atoms with Gasteiger partial charge in [-0.2, -0.15) is 4.31 Å². The number of hydrogen-bond acceptors (Lipinski definition) is 4. The highest BCUT2D eigenvalue weighted by molar-refractivity contribution is 7.89. The quantitative estimate of drug-likeness (QED) is 0.797. The number of hydrogen-bond donors (Lipinski definition) is 1. The van der Waals surface area contributed by atoms with Gasteiger partial charge in [-0.05, 0) is 31.5 Å². The summed E-state index contributed by atoms with van der Waals surface area (Å²) in [5.41, 5.74) is 0.984. The lowest BCUT2D eigenvalue weighted by molar-refractivity contribution is 0.341. The fraction of sp³-hybridized carbons (Fsp3) is 0.643. The van der Waals surface area contributed by atoms with Gasteiger partial charge in [0.05, 0.1) is 0 Å². The number of nitrogens with zero attached hydrogens (tertiary/aromatic N) is 2. The molecule has 1 unspecified atom stereocenters. The van der Waals surface area contributed by atoms with E-state index in [9.17, 15) is 8.42 Å². The fourth-order valence-electron chi connectivity index (χ4n) is 1.98. The number of rotatable bonds is 8. The van der Waals surface area contributed by atoms with Crippen LogP contribution >= 0.6 is 0 Å². The lowest BCUT2D eigenvalue weighted by Crippen LogP contribution is -2.38. The van der Waals surface area contributed by atoms with E-state index >= 15 is 0 Å². The predicted molar refractivity (Wildman–Crippen MR) is 80.9 cm³/mol. The Kier molecular flexibility index (Phi) is 6.58. The van der Waals surface area contributed by atoms with Gasteiger partial charge in [0.2, 0.25) is 0 Å². The van der Waals surface area contributed by atoms with E-state index in [0.29, 0.717) is 13.1 Å². The molecule has 1 N–H and O–H groups in total. The summed E-state index contributed by atoms with van der Waals surface area (Å²) in [5, 5.41) is 3.31. The second-order valence-corrected chi connectivity index (χ2v) is 6.59. The van der Waals surface area contributed by atoms with Crippen LogP contribution in [-0.2, 0) is 16.6 Å². The van der Waals surface area contributed by atoms with Crippen LogP contribution in [0.2, 0.25) is 0 Å². The number of sulfonamides is 1. The molecule has 0 fully saturated rings. The molecule has 0 aliphatic carbocycles. The van der Waals surface area contributed by atoms with Crippen molar-refractivity contribution in [2.24, 2.45) is 0 Å². The molecule has 0 radical (unpaired) electrons. The van der Waals surface area contributed by atoms with Gasteiger partial charge in [-0.1, -0.05) is 26.8 Å². The van der Waals surface area contributed by atoms with Crippen molar-refractivity contribution >= 4 is 10.0 Å². The molecule has 0 spiro atoms. The minimum absolute atomic E-state index is 0.0202. The Morgan fingerprint density at radius 1 is 1.30 bits per heavy atom. The van der Waals surface area contributed by atoms with Crippen LogP contribution in [-0.4, -0.2) is 36.8 Å². The van der Waals surface area contributed by atoms with Crippen LogP contribution in [0.25, 0.3) is 0 Å². The zero-order chi connectivity index (χ0) is 15.2. The maximum absolute atomic E-state index is 12.5. The maximum atomic E-state index is 12.5. The standard InChI is InChI=1S/C14H25N3O2S/c1-5-12(4)17(7-3)20(18,19)14-9-8-13(11-16-14)10-15-6-2/h8-9,11-12,15H,5-7,10H2,1-4H3. The third kappa shape index (κ3) is 4.01. The highest BCUT2D eigenvalue weighted by atomic mass is 32.2. The van der Waals surface area contributed by atoms with E-state index in [1.165, 1.54) is 4.31 Å². The zero-order valence-electron chi connectivity index (χ0n) is 12.8. The summed E-state index contributed by atoms with van der Waals surface area (Å²) in [7, 11) is -3.50. The van der Waals surface area contributed by atoms with Crippen molar-refractivity contribution in [3.63, 3.8) is 0 Å². The fourth-order valence-corrected chi connectivity index (χ4v) is 3.61. The molecule has 0 saturated heterocycles. The molecule has 5 nitrogen and oxygen atoms in total. The van der Waals surface area contributed by atoms with E-state index in [-0.39, 0.29) is 11.1 Å². The Labute approximate surface area is 122 Å². The molecule has 20 heavy (non-hydrogen) atoms. The van der Waals surface area contributed by atoms with Crippen LogP contribution < -0.4 is 5.32 Å². The van der Waals surface area contributed by atoms with Crippen LogP contribution in [0.3, 0.4) is 0 Å². The molecule has 0 bridgehead atoms. The molecule has 0 aliphatic rings. The molecule has 0 saturated carbocycles. The molecule has 6 heteroatoms. The van der Waals surface area contributed by atoms with E-state index in [0.717, 1.165) is 18.5 Å². The molecule has 1 aromatic heterocycles. The molecule has 1 atom stereocenters. The van der Waals surface area contributed by atoms with Gasteiger partial charge in [0, 0.05) is 25.3 Å². The molecule has 0 amide bonds. The van der Waals surface area contributed by atoms with Gasteiger partial charge < -0.3 is 5.32 Å². The monoisotopic (exact) mass is 299 g/mol. The minimum atomic E-state index is -3.50. The van der Waals surface area contributed by atoms with Crippen LogP contribution in [0.15, 0.2) is 23.4 Å². The Morgan fingerprint density at radius 3 is 2.45 bits per heavy atom. The van der Waals surface area contributed by atoms with Gasteiger partial charge in [-0.3, -0.25) is 0 Å². The molecule has 1 heterocycles. The molecular weight excluding hydrogens is 274 g/mol. The van der Waals surface area contributed by atoms with Gasteiger partial charge in [0.15, 0.2) is 5.03 Å². The molecular formula is C14H25N3O2S. The van der Waals surface area contributed by atoms with E-state index in [2.05, 4.69) is 10.3 Å². The maximum Gasteiger partial charge on any atom is 0.260 e. The average molecular weight is 299 g/mol. The first-order valence-electron chi connectivity index (χ1n) is 7.14. The second-order valence-electron chi connectivity index (χ2n) is 4.75. The topological polar surface area (TPSA) is 62.3 Å². The molecule has 114 valence electrons. The second kappa shape index (κ2) is 7.71. The van der Waals surface area contributed by atoms with Crippen molar-refractivity contribution in [3.05, 3.63) is 23.9 Å². The third-order valence-corrected chi connectivity index (χ3v) is 5.35. The molecule has 0 aliphatic heterocycles. The Hall–Kier alpha value is -0.980. The van der Waals surface area contributed by atoms with Gasteiger partial charge in [0.1, 0.15) is 0 Å². The van der Waals surface area contributed by atoms with E-state index < -0.39 is 10.0 Å². The lowest BCUT2D eigenvalue weighted by atomic mass is 10.3. The average Bonchev–Trinajstić information content (AvgIpc) is 2.45.